The number of carbonyl (C=O) groups excluding carboxylic acids is 2. The summed E-state index contributed by atoms with van der Waals surface area (Å²) in [5.74, 6) is -0.125. The molecule has 19 heteroatoms. The molecule has 0 aliphatic rings. The number of hydrogen-bond acceptors (Lipinski definition) is 13. The van der Waals surface area contributed by atoms with Crippen LogP contribution in [0.1, 0.15) is 33.3 Å². The van der Waals surface area contributed by atoms with Crippen molar-refractivity contribution >= 4 is 66.8 Å². The van der Waals surface area contributed by atoms with E-state index >= 15 is 0 Å². The molecule has 105 heavy (non-hydrogen) atoms. The minimum atomic E-state index is -0.125. The molecule has 7 aromatic heterocycles. The quantitative estimate of drug-likeness (QED) is 0.0707. The first-order valence-corrected chi connectivity index (χ1v) is 32.6. The molecule has 8 aromatic carbocycles. The third-order valence-electron chi connectivity index (χ3n) is 13.7. The first-order valence-electron chi connectivity index (χ1n) is 31.3. The second-order valence-corrected chi connectivity index (χ2v) is 22.8. The maximum Gasteiger partial charge on any atom is 0.155 e. The molecule has 0 amide bonds. The number of benzene rings is 8. The average molecular weight is 2310 g/mol. The molecule has 0 aliphatic heterocycles. The predicted octanol–water partition coefficient (Wildman–Crippen LogP) is 20.4. The summed E-state index contributed by atoms with van der Waals surface area (Å²) in [6.45, 7) is 5.74. The van der Waals surface area contributed by atoms with E-state index in [0.29, 0.717) is 5.02 Å². The van der Waals surface area contributed by atoms with E-state index in [1.165, 1.54) is 72.2 Å². The van der Waals surface area contributed by atoms with Crippen LogP contribution >= 0.6 is 22.9 Å². The second-order valence-electron chi connectivity index (χ2n) is 21.4. The summed E-state index contributed by atoms with van der Waals surface area (Å²) in [6, 6.07) is 98.4. The zero-order valence-electron chi connectivity index (χ0n) is 56.9. The summed E-state index contributed by atoms with van der Waals surface area (Å²) in [5, 5.41) is 35.5. The van der Waals surface area contributed by atoms with Crippen molar-refractivity contribution in [2.75, 3.05) is 0 Å². The minimum Gasteiger partial charge on any atom is -0.512 e. The van der Waals surface area contributed by atoms with Gasteiger partial charge in [0.1, 0.15) is 0 Å². The molecule has 7 heterocycles. The average Bonchev–Trinajstić information content (AvgIpc) is 1.44. The van der Waals surface area contributed by atoms with Crippen molar-refractivity contribution in [2.24, 2.45) is 0 Å². The van der Waals surface area contributed by atoms with E-state index in [0.717, 1.165) is 72.4 Å². The summed E-state index contributed by atoms with van der Waals surface area (Å²) in [6.07, 6.45) is 16.3. The Kier molecular flexibility index (Phi) is 43.3. The van der Waals surface area contributed by atoms with Crippen molar-refractivity contribution in [3.8, 4) is 66.9 Å². The third-order valence-corrected chi connectivity index (χ3v) is 14.7. The summed E-state index contributed by atoms with van der Waals surface area (Å²) in [7, 11) is 0. The number of aliphatic hydroxyl groups excluding tert-OH is 3. The SMILES string of the molecule is CC(=O)C=C(C)O.CC(=O)C=C(C)O.Clc1ccc(-c2[c-]cccc2)nc1.OCc1ccnc(-c2[c-]cccc2)c1.[Ir].[Ir].[Ir].[Ir].[Ir].[c-]1cc2ccccc2cc1-c1nccc2ccccc12.[c-]1ccccc1-c1cc2ccccc2cn1.[c-]1ccccc1-c1ccccn1.[c-]1ccsc1-c1cnccn1. The van der Waals surface area contributed by atoms with Gasteiger partial charge in [0, 0.05) is 156 Å². The number of thiophene rings is 1. The van der Waals surface area contributed by atoms with Crippen molar-refractivity contribution in [1.82, 2.24) is 34.9 Å². The van der Waals surface area contributed by atoms with Crippen LogP contribution in [0.25, 0.3) is 99.2 Å². The van der Waals surface area contributed by atoms with Gasteiger partial charge in [0.05, 0.1) is 23.1 Å². The van der Waals surface area contributed by atoms with Crippen LogP contribution < -0.4 is 0 Å². The minimum absolute atomic E-state index is 0. The van der Waals surface area contributed by atoms with Gasteiger partial charge < -0.3 is 45.2 Å². The molecule has 5 radical (unpaired) electrons. The monoisotopic (exact) mass is 2310 g/mol. The van der Waals surface area contributed by atoms with Crippen LogP contribution in [-0.4, -0.2) is 61.8 Å². The summed E-state index contributed by atoms with van der Waals surface area (Å²) in [4.78, 5) is 50.8. The molecule has 0 atom stereocenters. The van der Waals surface area contributed by atoms with E-state index in [9.17, 15) is 9.59 Å². The number of ketones is 2. The second kappa shape index (κ2) is 50.4. The van der Waals surface area contributed by atoms with Crippen LogP contribution in [0.2, 0.25) is 5.02 Å². The Bertz CT molecular complexity index is 4930. The Balaban J connectivity index is 0.000000316. The zero-order chi connectivity index (χ0) is 70.5. The van der Waals surface area contributed by atoms with E-state index < -0.39 is 0 Å². The first-order chi connectivity index (χ1) is 48.8. The largest absolute Gasteiger partial charge is 0.512 e. The molecular weight excluding hydrogens is 2240 g/mol. The molecule has 0 saturated heterocycles. The topological polar surface area (TPSA) is 185 Å². The van der Waals surface area contributed by atoms with Gasteiger partial charge in [-0.25, -0.2) is 11.3 Å². The Hall–Kier alpha value is -9.01. The number of allylic oxidation sites excluding steroid dienone is 4. The number of rotatable bonds is 9. The fraction of sp³-hybridized carbons (Fsp3) is 0.0581. The molecule has 15 aromatic rings. The number of fused-ring (bicyclic) bond motifs is 3. The summed E-state index contributed by atoms with van der Waals surface area (Å²) in [5.41, 5.74) is 11.5. The Morgan fingerprint density at radius 3 is 1.37 bits per heavy atom. The van der Waals surface area contributed by atoms with Gasteiger partial charge in [-0.3, -0.25) is 14.6 Å². The van der Waals surface area contributed by atoms with Gasteiger partial charge in [-0.2, -0.15) is 12.1 Å². The Morgan fingerprint density at radius 2 is 0.886 bits per heavy atom. The van der Waals surface area contributed by atoms with E-state index in [4.69, 9.17) is 26.9 Å². The zero-order valence-corrected chi connectivity index (χ0v) is 70.4. The van der Waals surface area contributed by atoms with Gasteiger partial charge in [-0.1, -0.05) is 125 Å². The molecule has 0 saturated carbocycles. The number of halogens is 1. The maximum absolute atomic E-state index is 10.0. The summed E-state index contributed by atoms with van der Waals surface area (Å²) < 4.78 is 0. The molecule has 0 aliphatic carbocycles. The fourth-order valence-electron chi connectivity index (χ4n) is 9.20. The van der Waals surface area contributed by atoms with Crippen molar-refractivity contribution in [3.05, 3.63) is 368 Å². The molecular formula is C86H68ClIr5N7O5S-6. The van der Waals surface area contributed by atoms with E-state index in [2.05, 4.69) is 138 Å². The number of carbonyl (C=O) groups is 2. The van der Waals surface area contributed by atoms with Crippen LogP contribution in [0, 0.1) is 36.4 Å². The first kappa shape index (κ1) is 90.2. The van der Waals surface area contributed by atoms with Crippen LogP contribution in [0.15, 0.2) is 321 Å². The summed E-state index contributed by atoms with van der Waals surface area (Å²) >= 11 is 7.34. The van der Waals surface area contributed by atoms with Gasteiger partial charge in [0.2, 0.25) is 0 Å². The fourth-order valence-corrected chi connectivity index (χ4v) is 9.95. The van der Waals surface area contributed by atoms with Gasteiger partial charge in [0.25, 0.3) is 0 Å². The van der Waals surface area contributed by atoms with E-state index in [1.807, 2.05) is 188 Å². The van der Waals surface area contributed by atoms with Crippen LogP contribution in [-0.2, 0) is 117 Å². The van der Waals surface area contributed by atoms with Crippen LogP contribution in [0.4, 0.5) is 0 Å². The van der Waals surface area contributed by atoms with Crippen LogP contribution in [0.5, 0.6) is 0 Å². The molecule has 15 rings (SSSR count). The Labute approximate surface area is 689 Å². The van der Waals surface area contributed by atoms with E-state index in [-0.39, 0.29) is 130 Å². The van der Waals surface area contributed by atoms with Crippen molar-refractivity contribution < 1.29 is 125 Å². The maximum atomic E-state index is 10.0. The van der Waals surface area contributed by atoms with Crippen LogP contribution in [0.3, 0.4) is 0 Å². The molecule has 541 valence electrons. The van der Waals surface area contributed by atoms with E-state index in [1.54, 1.807) is 54.6 Å². The van der Waals surface area contributed by atoms with Crippen molar-refractivity contribution in [2.45, 2.75) is 34.3 Å². The Morgan fingerprint density at radius 1 is 0.400 bits per heavy atom. The van der Waals surface area contributed by atoms with Crippen molar-refractivity contribution in [1.29, 1.82) is 0 Å². The molecule has 0 spiro atoms. The van der Waals surface area contributed by atoms with Gasteiger partial charge in [-0.05, 0) is 119 Å². The number of pyridine rings is 5. The molecule has 12 nitrogen and oxygen atoms in total. The number of hydrogen-bond donors (Lipinski definition) is 3. The molecule has 3 N–H and O–H groups in total. The van der Waals surface area contributed by atoms with Gasteiger partial charge in [-0.15, -0.1) is 178 Å². The number of nitrogens with zero attached hydrogens (tertiary/aromatic N) is 7. The number of aliphatic hydroxyl groups is 3. The standard InChI is InChI=1S/C19H12N.C15H10N.C12H10NO.C11H7ClN.C11H8N.C8H5N2S.2C5H8O2.5Ir/c1-2-7-16-13-17(10-9-14(16)5-1)19-18-8-4-3-6-15(18)11-12-20-19;1-2-6-12(7-3-1)15-10-13-8-4-5-9-14(13)11-16-15;14-9-10-6-7-13-12(8-10)11-4-2-1-3-5-11;12-10-6-7-11(13-8-10)9-4-2-1-3-5-9;1-2-6-10(7-3-1)11-8-4-5-9-12-11;1-2-8(11-5-1)7-6-9-3-4-10-7;2*1-4(6)3-5(2)7;;;;;/h1-9,11-13H;1-6,8-11H;1-4,6-8,14H,9H2;1-4,6-8H;1-6,8-9H;1,3-6H;2*3,6H,1-2H3;;;;;/q6*-1;;;;;;;. The number of aromatic nitrogens is 7. The molecule has 0 bridgehead atoms. The smallest absolute Gasteiger partial charge is 0.155 e. The molecule has 0 fully saturated rings. The van der Waals surface area contributed by atoms with Gasteiger partial charge >= 0.3 is 0 Å². The third kappa shape index (κ3) is 31.7. The molecule has 0 unspecified atom stereocenters. The normalized spacial score (nSPS) is 9.92. The predicted molar refractivity (Wildman–Crippen MR) is 404 cm³/mol. The van der Waals surface area contributed by atoms with Crippen molar-refractivity contribution in [3.63, 3.8) is 0 Å². The van der Waals surface area contributed by atoms with Gasteiger partial charge in [0.15, 0.2) is 11.6 Å².